The summed E-state index contributed by atoms with van der Waals surface area (Å²) in [6.07, 6.45) is 0. The summed E-state index contributed by atoms with van der Waals surface area (Å²) < 4.78 is 22.0. The molecule has 0 bridgehead atoms. The van der Waals surface area contributed by atoms with Gasteiger partial charge in [-0.3, -0.25) is 9.09 Å². The lowest BCUT2D eigenvalue weighted by atomic mass is 10.2. The van der Waals surface area contributed by atoms with Gasteiger partial charge in [0.05, 0.1) is 11.6 Å². The summed E-state index contributed by atoms with van der Waals surface area (Å²) in [6.45, 7) is 11.0. The lowest BCUT2D eigenvalue weighted by Crippen LogP contribution is -2.39. The first-order valence-electron chi connectivity index (χ1n) is 6.16. The Labute approximate surface area is 115 Å². The molecule has 0 aliphatic heterocycles. The zero-order valence-corrected chi connectivity index (χ0v) is 13.4. The molecular formula is C11H24N2O5P-. The zero-order chi connectivity index (χ0) is 15.1. The van der Waals surface area contributed by atoms with Crippen molar-refractivity contribution in [2.45, 2.75) is 40.2 Å². The van der Waals surface area contributed by atoms with Crippen LogP contribution in [0.25, 0.3) is 0 Å². The van der Waals surface area contributed by atoms with Crippen molar-refractivity contribution in [3.8, 4) is 0 Å². The molecule has 1 unspecified atom stereocenters. The molecule has 0 spiro atoms. The van der Waals surface area contributed by atoms with E-state index in [1.165, 1.54) is 11.6 Å². The maximum Gasteiger partial charge on any atom is 0.331 e. The minimum Gasteiger partial charge on any atom is -0.844 e. The van der Waals surface area contributed by atoms with E-state index in [-0.39, 0.29) is 0 Å². The van der Waals surface area contributed by atoms with E-state index < -0.39 is 26.0 Å². The normalized spacial score (nSPS) is 16.0. The predicted octanol–water partition coefficient (Wildman–Crippen LogP) is 1.59. The topological polar surface area (TPSA) is 83.4 Å². The summed E-state index contributed by atoms with van der Waals surface area (Å²) in [4.78, 5) is 6.17. The molecule has 8 heteroatoms. The molecule has 0 aliphatic rings. The molecule has 0 aromatic carbocycles. The van der Waals surface area contributed by atoms with E-state index >= 15 is 0 Å². The van der Waals surface area contributed by atoms with Gasteiger partial charge in [-0.1, -0.05) is 5.16 Å². The van der Waals surface area contributed by atoms with Gasteiger partial charge in [0.25, 0.3) is 0 Å². The van der Waals surface area contributed by atoms with Crippen LogP contribution in [-0.2, 0) is 18.5 Å². The molecule has 7 nitrogen and oxygen atoms in total. The summed E-state index contributed by atoms with van der Waals surface area (Å²) in [5, 5.41) is 14.8. The Morgan fingerprint density at radius 2 is 1.84 bits per heavy atom. The quantitative estimate of drug-likeness (QED) is 0.177. The van der Waals surface area contributed by atoms with E-state index in [4.69, 9.17) is 9.05 Å². The van der Waals surface area contributed by atoms with E-state index in [9.17, 15) is 9.67 Å². The van der Waals surface area contributed by atoms with Crippen LogP contribution in [0.15, 0.2) is 5.16 Å². The Morgan fingerprint density at radius 3 is 2.26 bits per heavy atom. The van der Waals surface area contributed by atoms with E-state index in [2.05, 4.69) is 9.99 Å². The van der Waals surface area contributed by atoms with Crippen LogP contribution in [0, 0.1) is 0 Å². The van der Waals surface area contributed by atoms with Gasteiger partial charge in [-0.05, 0) is 34.6 Å². The Bertz CT molecular complexity index is 336. The van der Waals surface area contributed by atoms with Gasteiger partial charge in [0, 0.05) is 19.8 Å². The monoisotopic (exact) mass is 295 g/mol. The molecule has 0 rings (SSSR count). The molecule has 0 aromatic rings. The molecule has 0 fully saturated rings. The first-order valence-corrected chi connectivity index (χ1v) is 8.15. The van der Waals surface area contributed by atoms with Gasteiger partial charge < -0.3 is 19.4 Å². The van der Waals surface area contributed by atoms with Gasteiger partial charge in [0.1, 0.15) is 0 Å². The summed E-state index contributed by atoms with van der Waals surface area (Å²) >= 11 is 0. The highest BCUT2D eigenvalue weighted by Gasteiger charge is 2.25. The van der Waals surface area contributed by atoms with Crippen LogP contribution in [0.5, 0.6) is 0 Å². The van der Waals surface area contributed by atoms with E-state index in [1.54, 1.807) is 20.8 Å². The SMILES string of the molecule is CCN(CC)/C([O-])=N/OCOP(C)(=O)OC(C)(C)C. The third kappa shape index (κ3) is 8.86. The predicted molar refractivity (Wildman–Crippen MR) is 71.8 cm³/mol. The fourth-order valence-electron chi connectivity index (χ4n) is 1.28. The van der Waals surface area contributed by atoms with Crippen molar-refractivity contribution in [3.63, 3.8) is 0 Å². The first-order chi connectivity index (χ1) is 8.61. The second kappa shape index (κ2) is 7.72. The molecule has 0 aliphatic carbocycles. The van der Waals surface area contributed by atoms with Crippen LogP contribution in [0.4, 0.5) is 0 Å². The number of amidine groups is 1. The van der Waals surface area contributed by atoms with E-state index in [1.807, 2.05) is 13.8 Å². The number of hydrogen-bond acceptors (Lipinski definition) is 6. The van der Waals surface area contributed by atoms with Crippen molar-refractivity contribution in [1.29, 1.82) is 0 Å². The van der Waals surface area contributed by atoms with Gasteiger partial charge in [0.15, 0.2) is 0 Å². The standard InChI is InChI=1S/C11H25N2O5P/c1-7-13(8-2)10(14)12-16-9-17-19(6,15)18-11(3,4)5/h7-9H2,1-6H3,(H,12,14)/p-1. The second-order valence-electron chi connectivity index (χ2n) is 4.90. The maximum atomic E-state index is 11.9. The molecule has 0 amide bonds. The van der Waals surface area contributed by atoms with Crippen molar-refractivity contribution in [2.75, 3.05) is 26.5 Å². The highest BCUT2D eigenvalue weighted by molar-refractivity contribution is 7.53. The Balaban J connectivity index is 4.17. The molecule has 0 radical (unpaired) electrons. The van der Waals surface area contributed by atoms with Crippen molar-refractivity contribution < 1.29 is 23.6 Å². The summed E-state index contributed by atoms with van der Waals surface area (Å²) in [7, 11) is -3.22. The summed E-state index contributed by atoms with van der Waals surface area (Å²) in [6, 6.07) is -0.490. The maximum absolute atomic E-state index is 11.9. The van der Waals surface area contributed by atoms with Crippen LogP contribution in [-0.4, -0.2) is 43.1 Å². The molecule has 0 saturated carbocycles. The first kappa shape index (κ1) is 18.2. The van der Waals surface area contributed by atoms with Crippen LogP contribution < -0.4 is 5.11 Å². The van der Waals surface area contributed by atoms with Gasteiger partial charge in [-0.25, -0.2) is 0 Å². The number of oxime groups is 1. The molecule has 1 atom stereocenters. The second-order valence-corrected chi connectivity index (χ2v) is 6.88. The van der Waals surface area contributed by atoms with Crippen LogP contribution in [0.3, 0.4) is 0 Å². The highest BCUT2D eigenvalue weighted by Crippen LogP contribution is 2.47. The van der Waals surface area contributed by atoms with Crippen molar-refractivity contribution >= 4 is 13.6 Å². The molecular weight excluding hydrogens is 271 g/mol. The lowest BCUT2D eigenvalue weighted by molar-refractivity contribution is -0.240. The van der Waals surface area contributed by atoms with E-state index in [0.717, 1.165) is 0 Å². The average molecular weight is 295 g/mol. The van der Waals surface area contributed by atoms with Crippen molar-refractivity contribution in [2.24, 2.45) is 5.16 Å². The minimum absolute atomic E-state index is 0.392. The van der Waals surface area contributed by atoms with E-state index in [0.29, 0.717) is 13.1 Å². The summed E-state index contributed by atoms with van der Waals surface area (Å²) in [5.74, 6) is 0. The Kier molecular flexibility index (Phi) is 7.41. The average Bonchev–Trinajstić information content (AvgIpc) is 2.23. The van der Waals surface area contributed by atoms with Crippen molar-refractivity contribution in [3.05, 3.63) is 0 Å². The fourth-order valence-corrected chi connectivity index (χ4v) is 2.56. The van der Waals surface area contributed by atoms with Gasteiger partial charge in [0.2, 0.25) is 6.79 Å². The van der Waals surface area contributed by atoms with Crippen molar-refractivity contribution in [1.82, 2.24) is 4.90 Å². The number of rotatable bonds is 7. The Morgan fingerprint density at radius 1 is 1.32 bits per heavy atom. The highest BCUT2D eigenvalue weighted by atomic mass is 31.2. The molecule has 0 heterocycles. The van der Waals surface area contributed by atoms with Gasteiger partial charge in [-0.15, -0.1) is 0 Å². The molecule has 114 valence electrons. The van der Waals surface area contributed by atoms with Gasteiger partial charge >= 0.3 is 7.60 Å². The fraction of sp³-hybridized carbons (Fsp3) is 0.909. The third-order valence-electron chi connectivity index (χ3n) is 1.96. The lowest BCUT2D eigenvalue weighted by Gasteiger charge is -2.26. The largest absolute Gasteiger partial charge is 0.844 e. The number of hydrogen-bond donors (Lipinski definition) is 0. The molecule has 19 heavy (non-hydrogen) atoms. The zero-order valence-electron chi connectivity index (χ0n) is 12.5. The van der Waals surface area contributed by atoms with Crippen LogP contribution in [0.2, 0.25) is 0 Å². The molecule has 0 N–H and O–H groups in total. The Hall–Kier alpha value is -0.780. The third-order valence-corrected chi connectivity index (χ3v) is 3.41. The number of nitrogens with zero attached hydrogens (tertiary/aromatic N) is 2. The van der Waals surface area contributed by atoms with Crippen LogP contribution >= 0.6 is 7.60 Å². The minimum atomic E-state index is -3.22. The summed E-state index contributed by atoms with van der Waals surface area (Å²) in [5.41, 5.74) is -0.585. The van der Waals surface area contributed by atoms with Gasteiger partial charge in [-0.2, -0.15) is 0 Å². The van der Waals surface area contributed by atoms with Crippen LogP contribution in [0.1, 0.15) is 34.6 Å². The smallest absolute Gasteiger partial charge is 0.331 e. The molecule has 0 aromatic heterocycles. The molecule has 0 saturated heterocycles.